The van der Waals surface area contributed by atoms with E-state index in [9.17, 15) is 10.2 Å². The number of nitrogens with one attached hydrogen (secondary N) is 1. The molecule has 110 valence electrons. The van der Waals surface area contributed by atoms with Gasteiger partial charge in [-0.05, 0) is 0 Å². The molecule has 1 aliphatic heterocycles. The van der Waals surface area contributed by atoms with Gasteiger partial charge in [0.25, 0.3) is 0 Å². The Labute approximate surface area is 120 Å². The van der Waals surface area contributed by atoms with Gasteiger partial charge >= 0.3 is 0 Å². The standard InChI is InChI=1S/C12H17N3O4S/c1-2-3-4-9-14-15-12(20-9)13-7-6-19-8(5-16)11(18)10(7)17/h1,7-8,10-11,16-18H,3-6H2,(H,13,15)/t7-,8+,10+,11-/m0/s1. The second-order valence-corrected chi connectivity index (χ2v) is 5.55. The number of hydrogen-bond donors (Lipinski definition) is 4. The molecule has 0 radical (unpaired) electrons. The highest BCUT2D eigenvalue weighted by atomic mass is 32.1. The molecular formula is C12H17N3O4S. The van der Waals surface area contributed by atoms with Crippen LogP contribution in [0.25, 0.3) is 0 Å². The number of aliphatic hydroxyl groups is 3. The second kappa shape index (κ2) is 6.97. The lowest BCUT2D eigenvalue weighted by Crippen LogP contribution is -2.56. The van der Waals surface area contributed by atoms with Crippen LogP contribution in [-0.2, 0) is 11.2 Å². The van der Waals surface area contributed by atoms with Gasteiger partial charge < -0.3 is 25.4 Å². The van der Waals surface area contributed by atoms with E-state index in [1.54, 1.807) is 0 Å². The summed E-state index contributed by atoms with van der Waals surface area (Å²) in [7, 11) is 0. The summed E-state index contributed by atoms with van der Waals surface area (Å²) in [6.07, 6.45) is 3.50. The van der Waals surface area contributed by atoms with Crippen LogP contribution in [0.1, 0.15) is 11.4 Å². The van der Waals surface area contributed by atoms with Gasteiger partial charge in [-0.15, -0.1) is 22.5 Å². The molecule has 0 spiro atoms. The quantitative estimate of drug-likeness (QED) is 0.516. The van der Waals surface area contributed by atoms with Crippen LogP contribution in [0.3, 0.4) is 0 Å². The Hall–Kier alpha value is -1.24. The fourth-order valence-electron chi connectivity index (χ4n) is 1.92. The van der Waals surface area contributed by atoms with E-state index in [1.165, 1.54) is 11.3 Å². The lowest BCUT2D eigenvalue weighted by Gasteiger charge is -2.36. The van der Waals surface area contributed by atoms with E-state index < -0.39 is 24.4 Å². The maximum atomic E-state index is 9.97. The van der Waals surface area contributed by atoms with Crippen molar-refractivity contribution in [1.82, 2.24) is 10.2 Å². The minimum atomic E-state index is -1.14. The van der Waals surface area contributed by atoms with Gasteiger partial charge in [-0.3, -0.25) is 0 Å². The molecule has 0 aliphatic carbocycles. The molecule has 1 saturated heterocycles. The lowest BCUT2D eigenvalue weighted by molar-refractivity contribution is -0.152. The Bertz CT molecular complexity index is 476. The number of hydrogen-bond acceptors (Lipinski definition) is 8. The van der Waals surface area contributed by atoms with Crippen molar-refractivity contribution in [2.45, 2.75) is 37.2 Å². The zero-order valence-corrected chi connectivity index (χ0v) is 11.6. The third kappa shape index (κ3) is 3.45. The fourth-order valence-corrected chi connectivity index (χ4v) is 2.72. The molecule has 8 heteroatoms. The second-order valence-electron chi connectivity index (χ2n) is 4.49. The normalized spacial score (nSPS) is 29.9. The predicted molar refractivity (Wildman–Crippen MR) is 73.3 cm³/mol. The van der Waals surface area contributed by atoms with E-state index in [-0.39, 0.29) is 13.2 Å². The largest absolute Gasteiger partial charge is 0.394 e. The van der Waals surface area contributed by atoms with Crippen molar-refractivity contribution in [3.63, 3.8) is 0 Å². The van der Waals surface area contributed by atoms with Crippen molar-refractivity contribution in [2.75, 3.05) is 18.5 Å². The summed E-state index contributed by atoms with van der Waals surface area (Å²) in [5.74, 6) is 2.53. The van der Waals surface area contributed by atoms with Crippen molar-refractivity contribution in [2.24, 2.45) is 0 Å². The van der Waals surface area contributed by atoms with E-state index >= 15 is 0 Å². The maximum Gasteiger partial charge on any atom is 0.206 e. The van der Waals surface area contributed by atoms with Crippen molar-refractivity contribution < 1.29 is 20.1 Å². The van der Waals surface area contributed by atoms with E-state index in [2.05, 4.69) is 21.4 Å². The number of aromatic nitrogens is 2. The molecule has 1 aromatic heterocycles. The monoisotopic (exact) mass is 299 g/mol. The Kier molecular flexibility index (Phi) is 5.28. The lowest BCUT2D eigenvalue weighted by atomic mass is 9.99. The van der Waals surface area contributed by atoms with E-state index in [0.717, 1.165) is 5.01 Å². The van der Waals surface area contributed by atoms with Crippen LogP contribution in [0, 0.1) is 12.3 Å². The number of aryl methyl sites for hydroxylation is 1. The third-order valence-corrected chi connectivity index (χ3v) is 3.99. The van der Waals surface area contributed by atoms with Gasteiger partial charge in [0.2, 0.25) is 5.13 Å². The van der Waals surface area contributed by atoms with Crippen LogP contribution in [0.15, 0.2) is 0 Å². The van der Waals surface area contributed by atoms with E-state index in [4.69, 9.17) is 16.3 Å². The summed E-state index contributed by atoms with van der Waals surface area (Å²) in [6.45, 7) is -0.164. The minimum Gasteiger partial charge on any atom is -0.394 e. The molecule has 7 nitrogen and oxygen atoms in total. The molecule has 2 rings (SSSR count). The SMILES string of the molecule is C#CCCc1nnc(N[C@H]2CO[C@H](CO)[C@H](O)[C@@H]2O)s1. The minimum absolute atomic E-state index is 0.169. The molecule has 4 atom stereocenters. The molecule has 0 bridgehead atoms. The number of rotatable bonds is 5. The Morgan fingerprint density at radius 3 is 2.90 bits per heavy atom. The maximum absolute atomic E-state index is 9.97. The van der Waals surface area contributed by atoms with Crippen LogP contribution in [0.2, 0.25) is 0 Å². The summed E-state index contributed by atoms with van der Waals surface area (Å²) in [5.41, 5.74) is 0. The Morgan fingerprint density at radius 2 is 2.20 bits per heavy atom. The molecule has 1 aliphatic rings. The van der Waals surface area contributed by atoms with Gasteiger partial charge in [-0.25, -0.2) is 0 Å². The number of terminal acetylenes is 1. The highest BCUT2D eigenvalue weighted by Crippen LogP contribution is 2.22. The fraction of sp³-hybridized carbons (Fsp3) is 0.667. The van der Waals surface area contributed by atoms with E-state index in [1.807, 2.05) is 0 Å². The van der Waals surface area contributed by atoms with Gasteiger partial charge in [0, 0.05) is 12.8 Å². The number of nitrogens with zero attached hydrogens (tertiary/aromatic N) is 2. The Morgan fingerprint density at radius 1 is 1.40 bits per heavy atom. The zero-order chi connectivity index (χ0) is 14.5. The predicted octanol–water partition coefficient (Wildman–Crippen LogP) is -1.00. The molecule has 0 aromatic carbocycles. The molecule has 0 saturated carbocycles. The van der Waals surface area contributed by atoms with Crippen LogP contribution in [-0.4, -0.2) is 63.1 Å². The van der Waals surface area contributed by atoms with Gasteiger partial charge in [0.05, 0.1) is 19.3 Å². The van der Waals surface area contributed by atoms with Crippen LogP contribution in [0.5, 0.6) is 0 Å². The average Bonchev–Trinajstić information content (AvgIpc) is 2.89. The number of anilines is 1. The molecular weight excluding hydrogens is 282 g/mol. The zero-order valence-electron chi connectivity index (χ0n) is 10.8. The average molecular weight is 299 g/mol. The third-order valence-electron chi connectivity index (χ3n) is 3.07. The summed E-state index contributed by atoms with van der Waals surface area (Å²) >= 11 is 1.35. The number of aliphatic hydroxyl groups excluding tert-OH is 3. The summed E-state index contributed by atoms with van der Waals surface area (Å²) < 4.78 is 5.27. The molecule has 20 heavy (non-hydrogen) atoms. The first-order valence-corrected chi connectivity index (χ1v) is 7.08. The van der Waals surface area contributed by atoms with Crippen molar-refractivity contribution >= 4 is 16.5 Å². The highest BCUT2D eigenvalue weighted by molar-refractivity contribution is 7.15. The summed E-state index contributed by atoms with van der Waals surface area (Å²) in [6, 6.07) is -0.499. The smallest absolute Gasteiger partial charge is 0.206 e. The van der Waals surface area contributed by atoms with E-state index in [0.29, 0.717) is 18.0 Å². The first-order chi connectivity index (χ1) is 9.65. The van der Waals surface area contributed by atoms with Crippen molar-refractivity contribution in [1.29, 1.82) is 0 Å². The highest BCUT2D eigenvalue weighted by Gasteiger charge is 2.38. The van der Waals surface area contributed by atoms with Crippen molar-refractivity contribution in [3.05, 3.63) is 5.01 Å². The molecule has 4 N–H and O–H groups in total. The summed E-state index contributed by atoms with van der Waals surface area (Å²) in [5, 5.41) is 41.0. The van der Waals surface area contributed by atoms with Gasteiger partial charge in [0.15, 0.2) is 0 Å². The van der Waals surface area contributed by atoms with Crippen LogP contribution < -0.4 is 5.32 Å². The first kappa shape index (κ1) is 15.2. The van der Waals surface area contributed by atoms with Gasteiger partial charge in [-0.2, -0.15) is 0 Å². The van der Waals surface area contributed by atoms with Gasteiger partial charge in [0.1, 0.15) is 23.3 Å². The summed E-state index contributed by atoms with van der Waals surface area (Å²) in [4.78, 5) is 0. The van der Waals surface area contributed by atoms with Crippen LogP contribution >= 0.6 is 11.3 Å². The topological polar surface area (TPSA) is 108 Å². The number of ether oxygens (including phenoxy) is 1. The van der Waals surface area contributed by atoms with Gasteiger partial charge in [-0.1, -0.05) is 11.3 Å². The molecule has 2 heterocycles. The van der Waals surface area contributed by atoms with Crippen LogP contribution in [0.4, 0.5) is 5.13 Å². The van der Waals surface area contributed by atoms with Crippen molar-refractivity contribution in [3.8, 4) is 12.3 Å². The molecule has 1 fully saturated rings. The molecule has 0 amide bonds. The Balaban J connectivity index is 1.93. The first-order valence-electron chi connectivity index (χ1n) is 6.26. The molecule has 0 unspecified atom stereocenters. The molecule has 1 aromatic rings.